The zero-order valence-corrected chi connectivity index (χ0v) is 15.4. The summed E-state index contributed by atoms with van der Waals surface area (Å²) in [6, 6.07) is 11.2. The van der Waals surface area contributed by atoms with E-state index in [4.69, 9.17) is 10.1 Å². The van der Waals surface area contributed by atoms with Crippen LogP contribution in [0.5, 0.6) is 0 Å². The third kappa shape index (κ3) is 4.10. The van der Waals surface area contributed by atoms with Crippen LogP contribution in [-0.4, -0.2) is 34.3 Å². The number of aliphatic hydroxyl groups excluding tert-OH is 1. The lowest BCUT2D eigenvalue weighted by Gasteiger charge is -2.36. The third-order valence-corrected chi connectivity index (χ3v) is 4.74. The van der Waals surface area contributed by atoms with Crippen LogP contribution >= 0.6 is 0 Å². The number of aliphatic hydroxyl groups is 1. The molecule has 2 N–H and O–H groups in total. The van der Waals surface area contributed by atoms with Crippen LogP contribution in [0.3, 0.4) is 0 Å². The van der Waals surface area contributed by atoms with Crippen LogP contribution in [0.1, 0.15) is 49.9 Å². The first-order chi connectivity index (χ1) is 12.1. The maximum absolute atomic E-state index is 8.98. The first-order valence-corrected chi connectivity index (χ1v) is 9.15. The molecule has 3 rings (SSSR count). The molecule has 134 valence electrons. The Morgan fingerprint density at radius 1 is 1.24 bits per heavy atom. The van der Waals surface area contributed by atoms with Crippen molar-refractivity contribution in [2.24, 2.45) is 0 Å². The van der Waals surface area contributed by atoms with Crippen LogP contribution in [0.4, 0.5) is 11.8 Å². The van der Waals surface area contributed by atoms with E-state index in [1.165, 1.54) is 11.1 Å². The van der Waals surface area contributed by atoms with E-state index < -0.39 is 0 Å². The standard InChI is InChI=1S/C20H28N4O/c1-14(2)18-12-19(23-20(22-18)21-9-6-10-25)24-13-17-8-5-4-7-16(17)11-15(24)3/h4-5,7-8,12,14-15,25H,6,9-11,13H2,1-3H3,(H,21,22,23)/t15-/m0/s1. The second-order valence-corrected chi connectivity index (χ2v) is 7.08. The van der Waals surface area contributed by atoms with Crippen molar-refractivity contribution in [1.29, 1.82) is 0 Å². The molecule has 0 unspecified atom stereocenters. The molecule has 1 aliphatic rings. The van der Waals surface area contributed by atoms with Crippen molar-refractivity contribution in [1.82, 2.24) is 9.97 Å². The van der Waals surface area contributed by atoms with E-state index in [1.807, 2.05) is 0 Å². The molecule has 5 nitrogen and oxygen atoms in total. The van der Waals surface area contributed by atoms with Gasteiger partial charge in [-0.25, -0.2) is 4.98 Å². The van der Waals surface area contributed by atoms with Crippen LogP contribution in [0.15, 0.2) is 30.3 Å². The van der Waals surface area contributed by atoms with Gasteiger partial charge < -0.3 is 15.3 Å². The van der Waals surface area contributed by atoms with Gasteiger partial charge in [-0.15, -0.1) is 0 Å². The van der Waals surface area contributed by atoms with Gasteiger partial charge >= 0.3 is 0 Å². The molecule has 2 aromatic rings. The van der Waals surface area contributed by atoms with E-state index in [0.717, 1.165) is 24.5 Å². The van der Waals surface area contributed by atoms with Crippen LogP contribution in [0, 0.1) is 0 Å². The first kappa shape index (κ1) is 17.7. The number of anilines is 2. The molecule has 0 saturated heterocycles. The van der Waals surface area contributed by atoms with Crippen molar-refractivity contribution >= 4 is 11.8 Å². The number of hydrogen-bond acceptors (Lipinski definition) is 5. The fourth-order valence-corrected chi connectivity index (χ4v) is 3.24. The summed E-state index contributed by atoms with van der Waals surface area (Å²) in [6.45, 7) is 8.28. The van der Waals surface area contributed by atoms with Gasteiger partial charge in [0.25, 0.3) is 0 Å². The molecular weight excluding hydrogens is 312 g/mol. The van der Waals surface area contributed by atoms with E-state index in [9.17, 15) is 0 Å². The fourth-order valence-electron chi connectivity index (χ4n) is 3.24. The molecule has 0 spiro atoms. The summed E-state index contributed by atoms with van der Waals surface area (Å²) in [5.41, 5.74) is 3.85. The van der Waals surface area contributed by atoms with Gasteiger partial charge in [-0.1, -0.05) is 38.1 Å². The molecule has 0 radical (unpaired) electrons. The van der Waals surface area contributed by atoms with Crippen molar-refractivity contribution in [2.45, 2.75) is 52.1 Å². The van der Waals surface area contributed by atoms with Gasteiger partial charge in [0.1, 0.15) is 5.82 Å². The molecule has 2 heterocycles. The molecule has 25 heavy (non-hydrogen) atoms. The van der Waals surface area contributed by atoms with Gasteiger partial charge in [-0.3, -0.25) is 0 Å². The third-order valence-electron chi connectivity index (χ3n) is 4.74. The summed E-state index contributed by atoms with van der Waals surface area (Å²) in [5.74, 6) is 1.97. The number of aromatic nitrogens is 2. The number of rotatable bonds is 6. The fraction of sp³-hybridized carbons (Fsp3) is 0.500. The van der Waals surface area contributed by atoms with E-state index >= 15 is 0 Å². The summed E-state index contributed by atoms with van der Waals surface area (Å²) in [5, 5.41) is 12.2. The largest absolute Gasteiger partial charge is 0.396 e. The molecular formula is C20H28N4O. The van der Waals surface area contributed by atoms with Gasteiger partial charge in [0.2, 0.25) is 5.95 Å². The Balaban J connectivity index is 1.90. The first-order valence-electron chi connectivity index (χ1n) is 9.15. The molecule has 1 aromatic carbocycles. The minimum atomic E-state index is 0.170. The van der Waals surface area contributed by atoms with Crippen molar-refractivity contribution in [3.05, 3.63) is 47.2 Å². The van der Waals surface area contributed by atoms with Crippen molar-refractivity contribution in [3.63, 3.8) is 0 Å². The Hall–Kier alpha value is -2.14. The van der Waals surface area contributed by atoms with E-state index in [2.05, 4.69) is 66.3 Å². The smallest absolute Gasteiger partial charge is 0.224 e. The molecule has 0 bridgehead atoms. The molecule has 0 amide bonds. The van der Waals surface area contributed by atoms with Gasteiger partial charge in [-0.05, 0) is 36.8 Å². The SMILES string of the molecule is CC(C)c1cc(N2Cc3ccccc3C[C@@H]2C)nc(NCCCO)n1. The van der Waals surface area contributed by atoms with Crippen LogP contribution < -0.4 is 10.2 Å². The number of hydrogen-bond donors (Lipinski definition) is 2. The minimum Gasteiger partial charge on any atom is -0.396 e. The predicted octanol–water partition coefficient (Wildman–Crippen LogP) is 3.35. The highest BCUT2D eigenvalue weighted by atomic mass is 16.3. The molecule has 0 fully saturated rings. The predicted molar refractivity (Wildman–Crippen MR) is 102 cm³/mol. The second kappa shape index (κ2) is 7.83. The quantitative estimate of drug-likeness (QED) is 0.790. The number of fused-ring (bicyclic) bond motifs is 1. The minimum absolute atomic E-state index is 0.170. The summed E-state index contributed by atoms with van der Waals surface area (Å²) in [7, 11) is 0. The lowest BCUT2D eigenvalue weighted by atomic mass is 9.95. The lowest BCUT2D eigenvalue weighted by molar-refractivity contribution is 0.292. The summed E-state index contributed by atoms with van der Waals surface area (Å²) >= 11 is 0. The maximum atomic E-state index is 8.98. The molecule has 1 aliphatic heterocycles. The van der Waals surface area contributed by atoms with Gasteiger partial charge in [0.05, 0.1) is 5.69 Å². The average molecular weight is 340 g/mol. The Kier molecular flexibility index (Phi) is 5.53. The van der Waals surface area contributed by atoms with Crippen LogP contribution in [-0.2, 0) is 13.0 Å². The molecule has 0 saturated carbocycles. The normalized spacial score (nSPS) is 16.8. The monoisotopic (exact) mass is 340 g/mol. The zero-order chi connectivity index (χ0) is 17.8. The van der Waals surface area contributed by atoms with E-state index in [1.54, 1.807) is 0 Å². The van der Waals surface area contributed by atoms with E-state index in [0.29, 0.717) is 30.9 Å². The van der Waals surface area contributed by atoms with Crippen LogP contribution in [0.2, 0.25) is 0 Å². The Labute approximate surface area is 150 Å². The average Bonchev–Trinajstić information content (AvgIpc) is 2.61. The Morgan fingerprint density at radius 3 is 2.72 bits per heavy atom. The lowest BCUT2D eigenvalue weighted by Crippen LogP contribution is -2.39. The summed E-state index contributed by atoms with van der Waals surface area (Å²) in [6.07, 6.45) is 1.72. The van der Waals surface area contributed by atoms with Gasteiger partial charge in [0, 0.05) is 31.8 Å². The summed E-state index contributed by atoms with van der Waals surface area (Å²) in [4.78, 5) is 11.8. The van der Waals surface area contributed by atoms with Crippen LogP contribution in [0.25, 0.3) is 0 Å². The van der Waals surface area contributed by atoms with Crippen molar-refractivity contribution in [2.75, 3.05) is 23.4 Å². The second-order valence-electron chi connectivity index (χ2n) is 7.08. The number of nitrogens with zero attached hydrogens (tertiary/aromatic N) is 3. The Bertz CT molecular complexity index is 717. The van der Waals surface area contributed by atoms with Gasteiger partial charge in [-0.2, -0.15) is 4.98 Å². The molecule has 1 atom stereocenters. The Morgan fingerprint density at radius 2 is 2.00 bits per heavy atom. The highest BCUT2D eigenvalue weighted by molar-refractivity contribution is 5.49. The van der Waals surface area contributed by atoms with Gasteiger partial charge in [0.15, 0.2) is 0 Å². The summed E-state index contributed by atoms with van der Waals surface area (Å²) < 4.78 is 0. The van der Waals surface area contributed by atoms with E-state index in [-0.39, 0.29) is 6.61 Å². The van der Waals surface area contributed by atoms with Crippen molar-refractivity contribution in [3.8, 4) is 0 Å². The highest BCUT2D eigenvalue weighted by Crippen LogP contribution is 2.29. The topological polar surface area (TPSA) is 61.3 Å². The number of benzene rings is 1. The molecule has 5 heteroatoms. The zero-order valence-electron chi connectivity index (χ0n) is 15.4. The molecule has 0 aliphatic carbocycles. The maximum Gasteiger partial charge on any atom is 0.224 e. The van der Waals surface area contributed by atoms with Crippen molar-refractivity contribution < 1.29 is 5.11 Å². The molecule has 1 aromatic heterocycles. The number of nitrogens with one attached hydrogen (secondary N) is 1. The highest BCUT2D eigenvalue weighted by Gasteiger charge is 2.24.